The van der Waals surface area contributed by atoms with E-state index in [4.69, 9.17) is 4.42 Å². The fraction of sp³-hybridized carbons (Fsp3) is 0.0286. The van der Waals surface area contributed by atoms with E-state index in [2.05, 4.69) is 132 Å². The van der Waals surface area contributed by atoms with Crippen molar-refractivity contribution in [1.29, 1.82) is 0 Å². The molecule has 6 aromatic rings. The van der Waals surface area contributed by atoms with Crippen LogP contribution in [0, 0.1) is 0 Å². The summed E-state index contributed by atoms with van der Waals surface area (Å²) in [6.07, 6.45) is 11.8. The van der Waals surface area contributed by atoms with Crippen molar-refractivity contribution in [2.75, 3.05) is 4.90 Å². The lowest BCUT2D eigenvalue weighted by molar-refractivity contribution is 0.669. The molecule has 1 aliphatic rings. The largest absolute Gasteiger partial charge is 0.454 e. The van der Waals surface area contributed by atoms with Gasteiger partial charge in [-0.3, -0.25) is 0 Å². The van der Waals surface area contributed by atoms with Gasteiger partial charge in [0.05, 0.1) is 5.69 Å². The van der Waals surface area contributed by atoms with Crippen molar-refractivity contribution in [3.05, 3.63) is 145 Å². The maximum absolute atomic E-state index is 6.46. The zero-order valence-corrected chi connectivity index (χ0v) is 20.3. The van der Waals surface area contributed by atoms with E-state index in [1.54, 1.807) is 0 Å². The summed E-state index contributed by atoms with van der Waals surface area (Å²) in [7, 11) is 0. The quantitative estimate of drug-likeness (QED) is 0.252. The Labute approximate surface area is 216 Å². The van der Waals surface area contributed by atoms with Crippen molar-refractivity contribution in [3.63, 3.8) is 0 Å². The normalized spacial score (nSPS) is 13.2. The van der Waals surface area contributed by atoms with Crippen LogP contribution in [-0.4, -0.2) is 0 Å². The summed E-state index contributed by atoms with van der Waals surface area (Å²) in [5, 5.41) is 4.69. The molecule has 0 N–H and O–H groups in total. The molecule has 0 saturated carbocycles. The highest BCUT2D eigenvalue weighted by Gasteiger charge is 2.19. The Bertz CT molecular complexity index is 1850. The fourth-order valence-electron chi connectivity index (χ4n) is 5.25. The summed E-state index contributed by atoms with van der Waals surface area (Å²) in [6, 6.07) is 38.6. The van der Waals surface area contributed by atoms with E-state index in [9.17, 15) is 0 Å². The second kappa shape index (κ2) is 9.00. The summed E-state index contributed by atoms with van der Waals surface area (Å²) >= 11 is 0. The van der Waals surface area contributed by atoms with Gasteiger partial charge >= 0.3 is 0 Å². The highest BCUT2D eigenvalue weighted by molar-refractivity contribution is 6.10. The molecule has 37 heavy (non-hydrogen) atoms. The maximum atomic E-state index is 6.46. The highest BCUT2D eigenvalue weighted by atomic mass is 16.3. The van der Waals surface area contributed by atoms with E-state index in [-0.39, 0.29) is 0 Å². The molecule has 0 unspecified atom stereocenters. The Morgan fingerprint density at radius 2 is 1.41 bits per heavy atom. The molecule has 0 aliphatic heterocycles. The molecule has 2 heteroatoms. The fourth-order valence-corrected chi connectivity index (χ4v) is 5.25. The zero-order chi connectivity index (χ0) is 24.6. The molecule has 0 bridgehead atoms. The molecule has 0 amide bonds. The van der Waals surface area contributed by atoms with Crippen LogP contribution in [0.3, 0.4) is 0 Å². The molecule has 0 spiro atoms. The van der Waals surface area contributed by atoms with Crippen molar-refractivity contribution in [2.24, 2.45) is 0 Å². The van der Waals surface area contributed by atoms with Gasteiger partial charge in [-0.25, -0.2) is 0 Å². The standard InChI is InChI=1S/C35H25NO/c1-2-4-11-25(10-3-1)27-18-21-29(22-19-27)36(30-23-20-26-12-5-6-13-28(26)24-30)33-16-9-15-32-31-14-7-8-17-34(31)37-35(32)33/h1-3,5-24H,4H2. The Kier molecular flexibility index (Phi) is 5.22. The first kappa shape index (κ1) is 21.5. The van der Waals surface area contributed by atoms with Crippen LogP contribution in [0.5, 0.6) is 0 Å². The van der Waals surface area contributed by atoms with Gasteiger partial charge < -0.3 is 9.32 Å². The minimum Gasteiger partial charge on any atom is -0.454 e. The lowest BCUT2D eigenvalue weighted by atomic mass is 10.0. The van der Waals surface area contributed by atoms with E-state index in [0.29, 0.717) is 0 Å². The number of furan rings is 1. The first-order chi connectivity index (χ1) is 18.3. The number of hydrogen-bond acceptors (Lipinski definition) is 2. The summed E-state index contributed by atoms with van der Waals surface area (Å²) in [4.78, 5) is 2.31. The van der Waals surface area contributed by atoms with E-state index >= 15 is 0 Å². The Hall–Kier alpha value is -4.82. The summed E-state index contributed by atoms with van der Waals surface area (Å²) in [5.74, 6) is 0. The first-order valence-electron chi connectivity index (χ1n) is 12.7. The molecule has 1 aliphatic carbocycles. The third-order valence-electron chi connectivity index (χ3n) is 7.07. The monoisotopic (exact) mass is 475 g/mol. The molecular weight excluding hydrogens is 450 g/mol. The topological polar surface area (TPSA) is 16.4 Å². The Balaban J connectivity index is 1.42. The Morgan fingerprint density at radius 3 is 2.32 bits per heavy atom. The van der Waals surface area contributed by atoms with Crippen LogP contribution in [-0.2, 0) is 0 Å². The minimum absolute atomic E-state index is 0.890. The maximum Gasteiger partial charge on any atom is 0.159 e. The van der Waals surface area contributed by atoms with Gasteiger partial charge in [0, 0.05) is 22.1 Å². The van der Waals surface area contributed by atoms with Crippen LogP contribution in [0.1, 0.15) is 12.0 Å². The van der Waals surface area contributed by atoms with Crippen molar-refractivity contribution in [2.45, 2.75) is 6.42 Å². The number of benzene rings is 5. The number of fused-ring (bicyclic) bond motifs is 4. The van der Waals surface area contributed by atoms with Crippen LogP contribution >= 0.6 is 0 Å². The second-order valence-corrected chi connectivity index (χ2v) is 9.35. The summed E-state index contributed by atoms with van der Waals surface area (Å²) in [5.41, 5.74) is 7.45. The number of hydrogen-bond donors (Lipinski definition) is 0. The van der Waals surface area contributed by atoms with E-state index < -0.39 is 0 Å². The van der Waals surface area contributed by atoms with Crippen molar-refractivity contribution < 1.29 is 4.42 Å². The molecule has 1 aromatic heterocycles. The lowest BCUT2D eigenvalue weighted by Crippen LogP contribution is -2.10. The summed E-state index contributed by atoms with van der Waals surface area (Å²) < 4.78 is 6.46. The van der Waals surface area contributed by atoms with Crippen LogP contribution in [0.2, 0.25) is 0 Å². The van der Waals surface area contributed by atoms with Gasteiger partial charge in [-0.2, -0.15) is 0 Å². The van der Waals surface area contributed by atoms with Gasteiger partial charge in [-0.15, -0.1) is 0 Å². The SMILES string of the molecule is C1=CCC=C(c2ccc(N(c3ccc4ccccc4c3)c3cccc4c3oc3ccccc34)cc2)C=C1. The van der Waals surface area contributed by atoms with Gasteiger partial charge in [-0.05, 0) is 64.7 Å². The number of anilines is 3. The molecule has 5 aromatic carbocycles. The van der Waals surface area contributed by atoms with E-state index in [1.165, 1.54) is 21.9 Å². The molecule has 1 heterocycles. The van der Waals surface area contributed by atoms with Crippen LogP contribution in [0.25, 0.3) is 38.3 Å². The molecule has 0 atom stereocenters. The van der Waals surface area contributed by atoms with Gasteiger partial charge in [-0.1, -0.05) is 103 Å². The molecule has 2 nitrogen and oxygen atoms in total. The molecule has 176 valence electrons. The van der Waals surface area contributed by atoms with Gasteiger partial charge in [0.2, 0.25) is 0 Å². The molecule has 0 radical (unpaired) electrons. The average Bonchev–Trinajstić information content (AvgIpc) is 3.12. The van der Waals surface area contributed by atoms with Crippen molar-refractivity contribution >= 4 is 55.3 Å². The number of nitrogens with zero attached hydrogens (tertiary/aromatic N) is 1. The van der Waals surface area contributed by atoms with Crippen LogP contribution in [0.4, 0.5) is 17.1 Å². The molecular formula is C35H25NO. The Morgan fingerprint density at radius 1 is 0.622 bits per heavy atom. The molecule has 7 rings (SSSR count). The molecule has 0 saturated heterocycles. The predicted octanol–water partition coefficient (Wildman–Crippen LogP) is 10.1. The smallest absolute Gasteiger partial charge is 0.159 e. The highest BCUT2D eigenvalue weighted by Crippen LogP contribution is 2.42. The first-order valence-corrected chi connectivity index (χ1v) is 12.7. The van der Waals surface area contributed by atoms with E-state index in [1.807, 2.05) is 12.1 Å². The van der Waals surface area contributed by atoms with Gasteiger partial charge in [0.1, 0.15) is 5.58 Å². The third kappa shape index (κ3) is 3.84. The third-order valence-corrected chi connectivity index (χ3v) is 7.07. The summed E-state index contributed by atoms with van der Waals surface area (Å²) in [6.45, 7) is 0. The van der Waals surface area contributed by atoms with Gasteiger partial charge in [0.25, 0.3) is 0 Å². The number of para-hydroxylation sites is 2. The predicted molar refractivity (Wildman–Crippen MR) is 157 cm³/mol. The molecule has 0 fully saturated rings. The van der Waals surface area contributed by atoms with Crippen LogP contribution < -0.4 is 4.90 Å². The van der Waals surface area contributed by atoms with Gasteiger partial charge in [0.15, 0.2) is 5.58 Å². The number of allylic oxidation sites excluding steroid dienone is 6. The second-order valence-electron chi connectivity index (χ2n) is 9.35. The zero-order valence-electron chi connectivity index (χ0n) is 20.3. The number of rotatable bonds is 4. The van der Waals surface area contributed by atoms with Crippen molar-refractivity contribution in [1.82, 2.24) is 0 Å². The average molecular weight is 476 g/mol. The lowest BCUT2D eigenvalue weighted by Gasteiger charge is -2.26. The van der Waals surface area contributed by atoms with Crippen LogP contribution in [0.15, 0.2) is 144 Å². The van der Waals surface area contributed by atoms with Crippen molar-refractivity contribution in [3.8, 4) is 0 Å². The van der Waals surface area contributed by atoms with E-state index in [0.717, 1.165) is 45.4 Å². The minimum atomic E-state index is 0.890.